The topological polar surface area (TPSA) is 58.1 Å². The molecule has 1 amide bonds. The van der Waals surface area contributed by atoms with Gasteiger partial charge in [-0.1, -0.05) is 23.8 Å². The molecule has 0 radical (unpaired) electrons. The van der Waals surface area contributed by atoms with Gasteiger partial charge < -0.3 is 5.32 Å². The van der Waals surface area contributed by atoms with E-state index in [0.29, 0.717) is 5.69 Å². The summed E-state index contributed by atoms with van der Waals surface area (Å²) in [5.74, 6) is -0.129. The number of nitrogens with one attached hydrogen (secondary N) is 1. The number of hydrogen-bond donors (Lipinski definition) is 1. The molecule has 5 heteroatoms. The normalized spacial score (nSPS) is 16.1. The maximum Gasteiger partial charge on any atom is 0.271 e. The minimum atomic E-state index is -0.129. The van der Waals surface area contributed by atoms with Crippen LogP contribution in [0.25, 0.3) is 0 Å². The first kappa shape index (κ1) is 16.6. The van der Waals surface area contributed by atoms with Gasteiger partial charge in [-0.05, 0) is 37.8 Å². The van der Waals surface area contributed by atoms with Crippen molar-refractivity contribution in [2.75, 3.05) is 13.1 Å². The average Bonchev–Trinajstić information content (AvgIpc) is 2.60. The van der Waals surface area contributed by atoms with E-state index in [1.807, 2.05) is 0 Å². The third-order valence-electron chi connectivity index (χ3n) is 4.62. The number of nitrogens with zero attached hydrogens (tertiary/aromatic N) is 3. The fourth-order valence-corrected chi connectivity index (χ4v) is 3.12. The van der Waals surface area contributed by atoms with Crippen molar-refractivity contribution in [3.05, 3.63) is 59.2 Å². The number of hydrogen-bond acceptors (Lipinski definition) is 4. The third kappa shape index (κ3) is 4.17. The molecule has 0 unspecified atom stereocenters. The first-order chi connectivity index (χ1) is 11.6. The number of piperidine rings is 1. The first-order valence-corrected chi connectivity index (χ1v) is 8.47. The van der Waals surface area contributed by atoms with E-state index in [2.05, 4.69) is 52.2 Å². The average molecular weight is 324 g/mol. The van der Waals surface area contributed by atoms with Gasteiger partial charge in [-0.2, -0.15) is 0 Å². The molecule has 1 N–H and O–H groups in total. The van der Waals surface area contributed by atoms with Crippen LogP contribution in [0.5, 0.6) is 0 Å². The Morgan fingerprint density at radius 2 is 2.04 bits per heavy atom. The Bertz CT molecular complexity index is 694. The highest BCUT2D eigenvalue weighted by atomic mass is 16.1. The van der Waals surface area contributed by atoms with E-state index in [9.17, 15) is 4.79 Å². The highest BCUT2D eigenvalue weighted by Crippen LogP contribution is 2.17. The van der Waals surface area contributed by atoms with Crippen LogP contribution in [0.1, 0.15) is 40.0 Å². The first-order valence-electron chi connectivity index (χ1n) is 8.47. The predicted molar refractivity (Wildman–Crippen MR) is 93.7 cm³/mol. The lowest BCUT2D eigenvalue weighted by atomic mass is 10.0. The van der Waals surface area contributed by atoms with Crippen molar-refractivity contribution in [3.63, 3.8) is 0 Å². The lowest BCUT2D eigenvalue weighted by Gasteiger charge is -2.32. The van der Waals surface area contributed by atoms with Crippen LogP contribution >= 0.6 is 0 Å². The van der Waals surface area contributed by atoms with Crippen LogP contribution in [0.2, 0.25) is 0 Å². The number of aromatic nitrogens is 2. The van der Waals surface area contributed by atoms with Crippen molar-refractivity contribution < 1.29 is 4.79 Å². The maximum absolute atomic E-state index is 12.1. The quantitative estimate of drug-likeness (QED) is 0.939. The largest absolute Gasteiger partial charge is 0.348 e. The Morgan fingerprint density at radius 1 is 1.25 bits per heavy atom. The van der Waals surface area contributed by atoms with Crippen molar-refractivity contribution in [1.29, 1.82) is 0 Å². The van der Waals surface area contributed by atoms with Crippen molar-refractivity contribution in [3.8, 4) is 0 Å². The second-order valence-electron chi connectivity index (χ2n) is 6.54. The summed E-state index contributed by atoms with van der Waals surface area (Å²) < 4.78 is 0. The van der Waals surface area contributed by atoms with Crippen LogP contribution in [0.3, 0.4) is 0 Å². The van der Waals surface area contributed by atoms with E-state index in [1.165, 1.54) is 22.9 Å². The molecule has 0 spiro atoms. The number of amides is 1. The Morgan fingerprint density at radius 3 is 2.75 bits per heavy atom. The molecule has 0 saturated carbocycles. The molecule has 1 aliphatic heterocycles. The summed E-state index contributed by atoms with van der Waals surface area (Å²) >= 11 is 0. The molecule has 24 heavy (non-hydrogen) atoms. The molecule has 2 heterocycles. The summed E-state index contributed by atoms with van der Waals surface area (Å²) in [6, 6.07) is 6.84. The molecule has 2 aromatic rings. The van der Waals surface area contributed by atoms with Crippen LogP contribution < -0.4 is 5.32 Å². The summed E-state index contributed by atoms with van der Waals surface area (Å²) in [5.41, 5.74) is 4.44. The monoisotopic (exact) mass is 324 g/mol. The third-order valence-corrected chi connectivity index (χ3v) is 4.62. The van der Waals surface area contributed by atoms with Crippen molar-refractivity contribution in [2.45, 2.75) is 39.3 Å². The summed E-state index contributed by atoms with van der Waals surface area (Å²) in [4.78, 5) is 22.6. The summed E-state index contributed by atoms with van der Waals surface area (Å²) in [7, 11) is 0. The van der Waals surface area contributed by atoms with Crippen LogP contribution in [0, 0.1) is 13.8 Å². The lowest BCUT2D eigenvalue weighted by molar-refractivity contribution is 0.0903. The van der Waals surface area contributed by atoms with Crippen LogP contribution in [0.4, 0.5) is 0 Å². The minimum absolute atomic E-state index is 0.129. The molecule has 0 aliphatic carbocycles. The SMILES string of the molecule is Cc1ccc(C)c(CN2CCC(NC(=O)c3cnccn3)CC2)c1. The van der Waals surface area contributed by atoms with Gasteiger partial charge in [-0.15, -0.1) is 0 Å². The second kappa shape index (κ2) is 7.53. The zero-order valence-corrected chi connectivity index (χ0v) is 14.3. The van der Waals surface area contributed by atoms with E-state index in [0.717, 1.165) is 32.5 Å². The smallest absolute Gasteiger partial charge is 0.271 e. The molecule has 1 aromatic heterocycles. The standard InChI is InChI=1S/C19H24N4O/c1-14-3-4-15(2)16(11-14)13-23-9-5-17(6-10-23)22-19(24)18-12-20-7-8-21-18/h3-4,7-8,11-12,17H,5-6,9-10,13H2,1-2H3,(H,22,24). The van der Waals surface area contributed by atoms with Crippen LogP contribution in [0.15, 0.2) is 36.8 Å². The zero-order valence-electron chi connectivity index (χ0n) is 14.3. The Balaban J connectivity index is 1.51. The molecule has 1 aliphatic rings. The van der Waals surface area contributed by atoms with Gasteiger partial charge in [0, 0.05) is 38.1 Å². The minimum Gasteiger partial charge on any atom is -0.348 e. The van der Waals surface area contributed by atoms with Gasteiger partial charge in [-0.25, -0.2) is 4.98 Å². The predicted octanol–water partition coefficient (Wildman–Crippen LogP) is 2.49. The molecule has 5 nitrogen and oxygen atoms in total. The van der Waals surface area contributed by atoms with E-state index >= 15 is 0 Å². The van der Waals surface area contributed by atoms with Crippen LogP contribution in [-0.4, -0.2) is 39.9 Å². The van der Waals surface area contributed by atoms with Gasteiger partial charge in [0.25, 0.3) is 5.91 Å². The summed E-state index contributed by atoms with van der Waals surface area (Å²) in [6.45, 7) is 7.29. The van der Waals surface area contributed by atoms with Crippen molar-refractivity contribution >= 4 is 5.91 Å². The van der Waals surface area contributed by atoms with Gasteiger partial charge in [0.2, 0.25) is 0 Å². The van der Waals surface area contributed by atoms with Crippen LogP contribution in [-0.2, 0) is 6.54 Å². The van der Waals surface area contributed by atoms with Crippen molar-refractivity contribution in [2.24, 2.45) is 0 Å². The second-order valence-corrected chi connectivity index (χ2v) is 6.54. The van der Waals surface area contributed by atoms with E-state index in [-0.39, 0.29) is 11.9 Å². The van der Waals surface area contributed by atoms with Gasteiger partial charge in [-0.3, -0.25) is 14.7 Å². The molecule has 3 rings (SSSR count). The summed E-state index contributed by atoms with van der Waals surface area (Å²) in [6.07, 6.45) is 6.56. The number of rotatable bonds is 4. The molecule has 1 aromatic carbocycles. The van der Waals surface area contributed by atoms with Gasteiger partial charge >= 0.3 is 0 Å². The Kier molecular flexibility index (Phi) is 5.20. The molecular formula is C19H24N4O. The molecule has 1 saturated heterocycles. The number of carbonyl (C=O) groups is 1. The zero-order chi connectivity index (χ0) is 16.9. The summed E-state index contributed by atoms with van der Waals surface area (Å²) in [5, 5.41) is 3.07. The number of carbonyl (C=O) groups excluding carboxylic acids is 1. The Hall–Kier alpha value is -2.27. The van der Waals surface area contributed by atoms with Gasteiger partial charge in [0.1, 0.15) is 5.69 Å². The molecule has 1 fully saturated rings. The van der Waals surface area contributed by atoms with Crippen molar-refractivity contribution in [1.82, 2.24) is 20.2 Å². The molecule has 126 valence electrons. The fraction of sp³-hybridized carbons (Fsp3) is 0.421. The molecular weight excluding hydrogens is 300 g/mol. The van der Waals surface area contributed by atoms with Gasteiger partial charge in [0.15, 0.2) is 0 Å². The number of aryl methyl sites for hydroxylation is 2. The fourth-order valence-electron chi connectivity index (χ4n) is 3.12. The highest BCUT2D eigenvalue weighted by Gasteiger charge is 2.22. The van der Waals surface area contributed by atoms with E-state index in [1.54, 1.807) is 12.4 Å². The van der Waals surface area contributed by atoms with E-state index < -0.39 is 0 Å². The Labute approximate surface area is 143 Å². The lowest BCUT2D eigenvalue weighted by Crippen LogP contribution is -2.44. The number of benzene rings is 1. The highest BCUT2D eigenvalue weighted by molar-refractivity contribution is 5.92. The van der Waals surface area contributed by atoms with E-state index in [4.69, 9.17) is 0 Å². The van der Waals surface area contributed by atoms with Gasteiger partial charge in [0.05, 0.1) is 6.20 Å². The maximum atomic E-state index is 12.1. The molecule has 0 atom stereocenters. The number of likely N-dealkylation sites (tertiary alicyclic amines) is 1. The molecule has 0 bridgehead atoms.